The number of anilines is 1. The average molecular weight is 335 g/mol. The van der Waals surface area contributed by atoms with Crippen molar-refractivity contribution in [3.05, 3.63) is 70.8 Å². The topological polar surface area (TPSA) is 62.7 Å². The summed E-state index contributed by atoms with van der Waals surface area (Å²) in [5.41, 5.74) is 9.87. The van der Waals surface area contributed by atoms with E-state index in [9.17, 15) is 14.0 Å². The minimum Gasteiger partial charge on any atom is -0.383 e. The molecule has 0 bridgehead atoms. The molecule has 0 atom stereocenters. The molecule has 0 radical (unpaired) electrons. The summed E-state index contributed by atoms with van der Waals surface area (Å²) in [7, 11) is 0. The van der Waals surface area contributed by atoms with E-state index in [1.165, 1.54) is 6.07 Å². The fourth-order valence-electron chi connectivity index (χ4n) is 2.84. The molecule has 0 amide bonds. The maximum absolute atomic E-state index is 14.2. The summed E-state index contributed by atoms with van der Waals surface area (Å²) in [5.74, 6) is -1.43. The average Bonchev–Trinajstić information content (AvgIpc) is 2.54. The third kappa shape index (κ3) is 3.07. The molecule has 3 aromatic rings. The highest BCUT2D eigenvalue weighted by Gasteiger charge is 2.17. The number of nitrogens with zero attached hydrogens (tertiary/aromatic N) is 2. The molecule has 0 fully saturated rings. The largest absolute Gasteiger partial charge is 0.383 e. The van der Waals surface area contributed by atoms with Gasteiger partial charge in [0.05, 0.1) is 5.69 Å². The normalized spacial score (nSPS) is 10.5. The number of hydrogen-bond donors (Lipinski definition) is 1. The Labute approximate surface area is 144 Å². The van der Waals surface area contributed by atoms with E-state index in [4.69, 9.17) is 5.73 Å². The van der Waals surface area contributed by atoms with Gasteiger partial charge in [0, 0.05) is 22.8 Å². The van der Waals surface area contributed by atoms with Crippen LogP contribution >= 0.6 is 0 Å². The van der Waals surface area contributed by atoms with Gasteiger partial charge in [0.1, 0.15) is 29.1 Å². The molecule has 25 heavy (non-hydrogen) atoms. The molecule has 0 aliphatic heterocycles. The smallest absolute Gasteiger partial charge is 0.142 e. The first kappa shape index (κ1) is 16.6. The van der Waals surface area contributed by atoms with E-state index in [1.807, 2.05) is 38.1 Å². The first-order valence-electron chi connectivity index (χ1n) is 7.64. The molecule has 5 heteroatoms. The molecule has 3 rings (SSSR count). The van der Waals surface area contributed by atoms with Crippen LogP contribution in [0.15, 0.2) is 42.5 Å². The minimum absolute atomic E-state index is 0.0127. The molecule has 0 saturated heterocycles. The second-order valence-corrected chi connectivity index (χ2v) is 5.87. The van der Waals surface area contributed by atoms with Crippen LogP contribution in [0.4, 0.5) is 14.6 Å². The van der Waals surface area contributed by atoms with E-state index < -0.39 is 11.6 Å². The number of benzene rings is 2. The van der Waals surface area contributed by atoms with Crippen molar-refractivity contribution >= 4 is 5.82 Å². The molecule has 124 valence electrons. The van der Waals surface area contributed by atoms with Gasteiger partial charge in [-0.1, -0.05) is 23.8 Å². The van der Waals surface area contributed by atoms with Crippen molar-refractivity contribution in [2.45, 2.75) is 13.8 Å². The van der Waals surface area contributed by atoms with Crippen LogP contribution in [0.5, 0.6) is 0 Å². The van der Waals surface area contributed by atoms with Crippen molar-refractivity contribution in [1.82, 2.24) is 4.98 Å². The lowest BCUT2D eigenvalue weighted by Crippen LogP contribution is -2.01. The Balaban J connectivity index is 2.28. The van der Waals surface area contributed by atoms with Crippen LogP contribution in [-0.4, -0.2) is 4.98 Å². The summed E-state index contributed by atoms with van der Waals surface area (Å²) >= 11 is 0. The van der Waals surface area contributed by atoms with E-state index in [2.05, 4.69) is 4.98 Å². The SMILES string of the molecule is Cc1ccc(-c2cc(-c3ccc(F)cc3F)c(C#N)c(N)n2)c(C)c1. The monoisotopic (exact) mass is 335 g/mol. The van der Waals surface area contributed by atoms with Crippen LogP contribution in [0.25, 0.3) is 22.4 Å². The fraction of sp³-hybridized carbons (Fsp3) is 0.100. The number of nitrogen functional groups attached to an aromatic ring is 1. The molecule has 0 aliphatic rings. The molecule has 0 saturated carbocycles. The molecule has 0 unspecified atom stereocenters. The summed E-state index contributed by atoms with van der Waals surface area (Å²) in [6.45, 7) is 3.92. The lowest BCUT2D eigenvalue weighted by Gasteiger charge is -2.12. The van der Waals surface area contributed by atoms with Crippen molar-refractivity contribution in [3.63, 3.8) is 0 Å². The van der Waals surface area contributed by atoms with E-state index in [1.54, 1.807) is 6.07 Å². The first-order chi connectivity index (χ1) is 11.9. The summed E-state index contributed by atoms with van der Waals surface area (Å²) in [4.78, 5) is 4.30. The third-order valence-corrected chi connectivity index (χ3v) is 4.04. The number of hydrogen-bond acceptors (Lipinski definition) is 3. The van der Waals surface area contributed by atoms with Gasteiger partial charge in [-0.3, -0.25) is 0 Å². The number of nitriles is 1. The lowest BCUT2D eigenvalue weighted by molar-refractivity contribution is 0.585. The van der Waals surface area contributed by atoms with Gasteiger partial charge >= 0.3 is 0 Å². The number of rotatable bonds is 2. The highest BCUT2D eigenvalue weighted by Crippen LogP contribution is 2.34. The molecular formula is C20H15F2N3. The molecule has 2 aromatic carbocycles. The van der Waals surface area contributed by atoms with Gasteiger partial charge in [-0.05, 0) is 37.6 Å². The van der Waals surface area contributed by atoms with Crippen molar-refractivity contribution in [3.8, 4) is 28.5 Å². The number of nitrogens with two attached hydrogens (primary N) is 1. The standard InChI is InChI=1S/C20H15F2N3/c1-11-3-5-14(12(2)7-11)19-9-16(17(10-23)20(24)25-19)15-6-4-13(21)8-18(15)22/h3-9H,1-2H3,(H2,24,25). The first-order valence-corrected chi connectivity index (χ1v) is 7.64. The van der Waals surface area contributed by atoms with Crippen LogP contribution in [0.1, 0.15) is 16.7 Å². The predicted octanol–water partition coefficient (Wildman–Crippen LogP) is 4.76. The third-order valence-electron chi connectivity index (χ3n) is 4.04. The van der Waals surface area contributed by atoms with Gasteiger partial charge in [0.25, 0.3) is 0 Å². The molecule has 0 spiro atoms. The fourth-order valence-corrected chi connectivity index (χ4v) is 2.84. The van der Waals surface area contributed by atoms with E-state index in [-0.39, 0.29) is 16.9 Å². The number of aromatic nitrogens is 1. The van der Waals surface area contributed by atoms with Crippen molar-refractivity contribution < 1.29 is 8.78 Å². The molecule has 2 N–H and O–H groups in total. The number of aryl methyl sites for hydroxylation is 2. The lowest BCUT2D eigenvalue weighted by atomic mass is 9.96. The van der Waals surface area contributed by atoms with Crippen LogP contribution < -0.4 is 5.73 Å². The summed E-state index contributed by atoms with van der Waals surface area (Å²) in [6, 6.07) is 12.6. The highest BCUT2D eigenvalue weighted by molar-refractivity contribution is 5.81. The summed E-state index contributed by atoms with van der Waals surface area (Å²) in [5, 5.41) is 9.39. The Morgan fingerprint density at radius 2 is 1.68 bits per heavy atom. The molecule has 1 aromatic heterocycles. The van der Waals surface area contributed by atoms with E-state index in [0.717, 1.165) is 28.8 Å². The zero-order valence-corrected chi connectivity index (χ0v) is 13.8. The number of pyridine rings is 1. The zero-order chi connectivity index (χ0) is 18.1. The van der Waals surface area contributed by atoms with Crippen LogP contribution in [-0.2, 0) is 0 Å². The van der Waals surface area contributed by atoms with Gasteiger partial charge in [0.15, 0.2) is 0 Å². The van der Waals surface area contributed by atoms with Gasteiger partial charge in [0.2, 0.25) is 0 Å². The number of halogens is 2. The Hall–Kier alpha value is -3.26. The Morgan fingerprint density at radius 1 is 0.960 bits per heavy atom. The summed E-state index contributed by atoms with van der Waals surface area (Å²) in [6.07, 6.45) is 0. The van der Waals surface area contributed by atoms with Crippen LogP contribution in [0.3, 0.4) is 0 Å². The Morgan fingerprint density at radius 3 is 2.32 bits per heavy atom. The molecular weight excluding hydrogens is 320 g/mol. The zero-order valence-electron chi connectivity index (χ0n) is 13.8. The molecule has 3 nitrogen and oxygen atoms in total. The Kier molecular flexibility index (Phi) is 4.20. The maximum Gasteiger partial charge on any atom is 0.142 e. The van der Waals surface area contributed by atoms with Crippen molar-refractivity contribution in [1.29, 1.82) is 5.26 Å². The van der Waals surface area contributed by atoms with Gasteiger partial charge < -0.3 is 5.73 Å². The van der Waals surface area contributed by atoms with Crippen LogP contribution in [0.2, 0.25) is 0 Å². The highest BCUT2D eigenvalue weighted by atomic mass is 19.1. The second-order valence-electron chi connectivity index (χ2n) is 5.87. The van der Waals surface area contributed by atoms with Crippen LogP contribution in [0, 0.1) is 36.8 Å². The maximum atomic E-state index is 14.2. The van der Waals surface area contributed by atoms with E-state index >= 15 is 0 Å². The molecule has 1 heterocycles. The van der Waals surface area contributed by atoms with E-state index in [0.29, 0.717) is 11.3 Å². The minimum atomic E-state index is -0.756. The Bertz CT molecular complexity index is 1020. The predicted molar refractivity (Wildman–Crippen MR) is 93.6 cm³/mol. The van der Waals surface area contributed by atoms with Gasteiger partial charge in [-0.2, -0.15) is 5.26 Å². The van der Waals surface area contributed by atoms with Gasteiger partial charge in [-0.15, -0.1) is 0 Å². The second kappa shape index (κ2) is 6.33. The van der Waals surface area contributed by atoms with Crippen molar-refractivity contribution in [2.24, 2.45) is 0 Å². The quantitative estimate of drug-likeness (QED) is 0.734. The summed E-state index contributed by atoms with van der Waals surface area (Å²) < 4.78 is 27.5. The van der Waals surface area contributed by atoms with Gasteiger partial charge in [-0.25, -0.2) is 13.8 Å². The van der Waals surface area contributed by atoms with Crippen molar-refractivity contribution in [2.75, 3.05) is 5.73 Å². The molecule has 0 aliphatic carbocycles.